The van der Waals surface area contributed by atoms with E-state index in [1.807, 2.05) is 13.0 Å². The number of rotatable bonds is 10. The first kappa shape index (κ1) is 39.5. The summed E-state index contributed by atoms with van der Waals surface area (Å²) in [6.45, 7) is 10.0. The fourth-order valence-electron chi connectivity index (χ4n) is 9.49. The Balaban J connectivity index is 0.751. The largest absolute Gasteiger partial charge is 0.495 e. The van der Waals surface area contributed by atoms with E-state index in [4.69, 9.17) is 18.9 Å². The van der Waals surface area contributed by atoms with E-state index >= 15 is 0 Å². The summed E-state index contributed by atoms with van der Waals surface area (Å²) >= 11 is 1.75. The molecule has 0 unspecified atom stereocenters. The molecule has 10 rings (SSSR count). The molecule has 62 heavy (non-hydrogen) atoms. The van der Waals surface area contributed by atoms with Crippen LogP contribution >= 0.6 is 11.3 Å². The second-order valence-corrected chi connectivity index (χ2v) is 17.9. The van der Waals surface area contributed by atoms with Gasteiger partial charge in [0.15, 0.2) is 23.2 Å². The quantitative estimate of drug-likeness (QED) is 0.154. The molecule has 3 fully saturated rings. The number of hydrogen-bond acceptors (Lipinski definition) is 14. The van der Waals surface area contributed by atoms with Crippen molar-refractivity contribution in [1.29, 1.82) is 5.26 Å². The lowest BCUT2D eigenvalue weighted by atomic mass is 9.92. The number of aryl methyl sites for hydroxylation is 2. The number of hydrogen-bond donors (Lipinski definition) is 1. The predicted molar refractivity (Wildman–Crippen MR) is 234 cm³/mol. The summed E-state index contributed by atoms with van der Waals surface area (Å²) in [5.41, 5.74) is 6.35. The molecule has 1 aliphatic carbocycles. The maximum absolute atomic E-state index is 13.2. The number of anilines is 2. The van der Waals surface area contributed by atoms with Crippen molar-refractivity contribution in [3.63, 3.8) is 0 Å². The Morgan fingerprint density at radius 1 is 0.935 bits per heavy atom. The fraction of sp³-hybridized carbons (Fsp3) is 0.391. The van der Waals surface area contributed by atoms with Gasteiger partial charge in [0.25, 0.3) is 5.91 Å². The molecule has 0 spiro atoms. The van der Waals surface area contributed by atoms with Crippen molar-refractivity contribution >= 4 is 34.5 Å². The monoisotopic (exact) mass is 849 g/mol. The van der Waals surface area contributed by atoms with Crippen molar-refractivity contribution in [2.24, 2.45) is 16.8 Å². The van der Waals surface area contributed by atoms with E-state index in [1.54, 1.807) is 55.2 Å². The number of nitriles is 1. The molecule has 3 atom stereocenters. The number of carbonyl (C=O) groups is 1. The zero-order valence-corrected chi connectivity index (χ0v) is 35.9. The lowest BCUT2D eigenvalue weighted by Crippen LogP contribution is -2.40. The molecule has 7 heterocycles. The minimum absolute atomic E-state index is 0.0319. The molecular weight excluding hydrogens is 803 g/mol. The van der Waals surface area contributed by atoms with Crippen LogP contribution in [0.2, 0.25) is 0 Å². The molecule has 316 valence electrons. The molecule has 4 aliphatic rings. The Kier molecular flexibility index (Phi) is 10.4. The highest BCUT2D eigenvalue weighted by Crippen LogP contribution is 2.41. The summed E-state index contributed by atoms with van der Waals surface area (Å²) in [6.07, 6.45) is 6.99. The van der Waals surface area contributed by atoms with Crippen molar-refractivity contribution in [2.75, 3.05) is 43.1 Å². The maximum atomic E-state index is 13.2. The van der Waals surface area contributed by atoms with Crippen LogP contribution in [0.3, 0.4) is 0 Å². The zero-order valence-electron chi connectivity index (χ0n) is 35.1. The van der Waals surface area contributed by atoms with Crippen LogP contribution in [-0.4, -0.2) is 87.0 Å². The molecule has 0 bridgehead atoms. The van der Waals surface area contributed by atoms with Gasteiger partial charge in [-0.15, -0.1) is 31.7 Å². The van der Waals surface area contributed by atoms with Crippen molar-refractivity contribution in [3.8, 4) is 22.6 Å². The fourth-order valence-corrected chi connectivity index (χ4v) is 10.7. The van der Waals surface area contributed by atoms with Crippen LogP contribution in [0.15, 0.2) is 76.5 Å². The summed E-state index contributed by atoms with van der Waals surface area (Å²) in [4.78, 5) is 29.0. The number of amides is 1. The van der Waals surface area contributed by atoms with Gasteiger partial charge in [0, 0.05) is 71.8 Å². The SMILES string of the molecule is COc1cc(OC2CCC(NC(=O)c3ccc(N4C[C@H]5CN(c6ccc(C7=N[C@@H](Cc8ncco8)c8nnc(C)n8-c8sc(C)c(C)c87)cc6)C[C@H]5C4)nn3)CC2)ccc1C#N. The first-order chi connectivity index (χ1) is 30.2. The Hall–Kier alpha value is -6.60. The maximum Gasteiger partial charge on any atom is 0.272 e. The number of thiophene rings is 1. The number of methoxy groups -OCH3 is 1. The Morgan fingerprint density at radius 2 is 1.71 bits per heavy atom. The first-order valence-corrected chi connectivity index (χ1v) is 22.0. The molecule has 3 aliphatic heterocycles. The molecule has 0 radical (unpaired) electrons. The topological polar surface area (TPSA) is 173 Å². The number of ether oxygens (including phenoxy) is 2. The molecule has 15 nitrogen and oxygen atoms in total. The normalized spacial score (nSPS) is 21.7. The number of fused-ring (bicyclic) bond motifs is 4. The van der Waals surface area contributed by atoms with E-state index in [0.717, 1.165) is 91.2 Å². The number of oxazole rings is 1. The molecule has 6 aromatic rings. The van der Waals surface area contributed by atoms with E-state index < -0.39 is 0 Å². The van der Waals surface area contributed by atoms with Gasteiger partial charge in [-0.3, -0.25) is 14.4 Å². The first-order valence-electron chi connectivity index (χ1n) is 21.2. The van der Waals surface area contributed by atoms with Crippen LogP contribution in [0.5, 0.6) is 11.5 Å². The predicted octanol–water partition coefficient (Wildman–Crippen LogP) is 6.74. The summed E-state index contributed by atoms with van der Waals surface area (Å²) in [5, 5.41) is 31.4. The van der Waals surface area contributed by atoms with Gasteiger partial charge in [-0.05, 0) is 88.4 Å². The number of aromatic nitrogens is 6. The van der Waals surface area contributed by atoms with Crippen molar-refractivity contribution in [2.45, 2.75) is 71.1 Å². The number of nitrogens with one attached hydrogen (secondary N) is 1. The van der Waals surface area contributed by atoms with Gasteiger partial charge >= 0.3 is 0 Å². The van der Waals surface area contributed by atoms with Crippen LogP contribution in [-0.2, 0) is 6.42 Å². The standard InChI is InChI=1S/C46H47N11O4S/c1-26-27(2)62-46-42(26)43(50-38(20-41-48-17-18-60-41)44-54-51-28(3)57(44)46)29-5-10-34(11-6-29)55-22-31-24-56(25-32(31)23-55)40-16-15-37(52-53-40)45(58)49-33-8-13-35(14-9-33)61-36-12-7-30(21-47)39(19-36)59-4/h5-7,10-12,15-19,31-33,35,38H,8-9,13-14,20,22-25H2,1-4H3,(H,49,58)/t31-,32+,33?,35?,38-/m0/s1. The zero-order chi connectivity index (χ0) is 42.5. The summed E-state index contributed by atoms with van der Waals surface area (Å²) in [5.74, 6) is 5.01. The third-order valence-corrected chi connectivity index (χ3v) is 14.1. The third-order valence-electron chi connectivity index (χ3n) is 12.9. The van der Waals surface area contributed by atoms with Gasteiger partial charge in [0.2, 0.25) is 0 Å². The van der Waals surface area contributed by atoms with Gasteiger partial charge in [-0.1, -0.05) is 12.1 Å². The highest BCUT2D eigenvalue weighted by atomic mass is 32.1. The Morgan fingerprint density at radius 3 is 2.40 bits per heavy atom. The molecule has 16 heteroatoms. The second kappa shape index (κ2) is 16.4. The van der Waals surface area contributed by atoms with Crippen LogP contribution < -0.4 is 24.6 Å². The van der Waals surface area contributed by atoms with E-state index in [-0.39, 0.29) is 24.1 Å². The lowest BCUT2D eigenvalue weighted by Gasteiger charge is -2.29. The second-order valence-electron chi connectivity index (χ2n) is 16.7. The van der Waals surface area contributed by atoms with Crippen LogP contribution in [0.25, 0.3) is 5.00 Å². The van der Waals surface area contributed by atoms with Crippen LogP contribution in [0, 0.1) is 43.9 Å². The molecule has 2 saturated heterocycles. The van der Waals surface area contributed by atoms with Gasteiger partial charge in [-0.2, -0.15) is 5.26 Å². The Bertz CT molecular complexity index is 2660. The van der Waals surface area contributed by atoms with Gasteiger partial charge in [-0.25, -0.2) is 4.98 Å². The molecule has 1 amide bonds. The van der Waals surface area contributed by atoms with Crippen LogP contribution in [0.1, 0.15) is 86.9 Å². The van der Waals surface area contributed by atoms with Crippen molar-refractivity contribution in [3.05, 3.63) is 117 Å². The Labute approximate surface area is 363 Å². The lowest BCUT2D eigenvalue weighted by molar-refractivity contribution is 0.0888. The number of carbonyl (C=O) groups excluding carboxylic acids is 1. The molecule has 4 aromatic heterocycles. The van der Waals surface area contributed by atoms with E-state index in [0.29, 0.717) is 46.9 Å². The molecule has 2 aromatic carbocycles. The van der Waals surface area contributed by atoms with Gasteiger partial charge in [0.05, 0.1) is 37.1 Å². The van der Waals surface area contributed by atoms with Crippen LogP contribution in [0.4, 0.5) is 11.5 Å². The van der Waals surface area contributed by atoms with E-state index in [9.17, 15) is 10.1 Å². The number of aliphatic imine (C=N–C) groups is 1. The minimum Gasteiger partial charge on any atom is -0.495 e. The molecular formula is C46H47N11O4S. The smallest absolute Gasteiger partial charge is 0.272 e. The van der Waals surface area contributed by atoms with Gasteiger partial charge < -0.3 is 29.0 Å². The van der Waals surface area contributed by atoms with E-state index in [2.05, 4.69) is 89.2 Å². The number of nitrogens with zero attached hydrogens (tertiary/aromatic N) is 10. The summed E-state index contributed by atoms with van der Waals surface area (Å²) in [6, 6.07) is 19.7. The number of benzene rings is 2. The average Bonchev–Trinajstić information content (AvgIpc) is 4.13. The van der Waals surface area contributed by atoms with Crippen molar-refractivity contribution in [1.82, 2.24) is 35.3 Å². The average molecular weight is 850 g/mol. The minimum atomic E-state index is -0.312. The van der Waals surface area contributed by atoms with Gasteiger partial charge in [0.1, 0.15) is 40.7 Å². The molecule has 1 N–H and O–H groups in total. The highest BCUT2D eigenvalue weighted by Gasteiger charge is 2.41. The molecule has 1 saturated carbocycles. The van der Waals surface area contributed by atoms with E-state index in [1.165, 1.54) is 16.1 Å². The third kappa shape index (κ3) is 7.44. The summed E-state index contributed by atoms with van der Waals surface area (Å²) in [7, 11) is 1.54. The summed E-state index contributed by atoms with van der Waals surface area (Å²) < 4.78 is 19.3. The highest BCUT2D eigenvalue weighted by molar-refractivity contribution is 7.15. The van der Waals surface area contributed by atoms with Crippen molar-refractivity contribution < 1.29 is 18.7 Å².